The maximum absolute atomic E-state index is 11.8. The van der Waals surface area contributed by atoms with E-state index in [4.69, 9.17) is 0 Å². The Hall–Kier alpha value is -0.0300. The van der Waals surface area contributed by atoms with Crippen molar-refractivity contribution in [1.29, 1.82) is 0 Å². The summed E-state index contributed by atoms with van der Waals surface area (Å²) in [7, 11) is -1.78. The maximum atomic E-state index is 11.8. The van der Waals surface area contributed by atoms with Crippen LogP contribution in [0, 0.1) is 0 Å². The fourth-order valence-electron chi connectivity index (χ4n) is 1.45. The summed E-state index contributed by atoms with van der Waals surface area (Å²) in [5.41, 5.74) is 0. The number of hydrogen-bond acceptors (Lipinski definition) is 1. The highest BCUT2D eigenvalue weighted by Crippen LogP contribution is 2.52. The third kappa shape index (κ3) is 2.83. The SMILES string of the molecule is CCCCCP1(=O)C=CCC1. The first-order valence-corrected chi connectivity index (χ1v) is 6.67. The predicted molar refractivity (Wildman–Crippen MR) is 50.6 cm³/mol. The van der Waals surface area contributed by atoms with Gasteiger partial charge < -0.3 is 4.57 Å². The average molecular weight is 172 g/mol. The van der Waals surface area contributed by atoms with Crippen LogP contribution in [0.15, 0.2) is 11.9 Å². The van der Waals surface area contributed by atoms with Gasteiger partial charge in [0.2, 0.25) is 0 Å². The predicted octanol–water partition coefficient (Wildman–Crippen LogP) is 3.46. The highest BCUT2D eigenvalue weighted by Gasteiger charge is 2.20. The standard InChI is InChI=1S/C9H17OP/c1-2-3-4-7-11(10)8-5-6-9-11/h5,8H,2-4,6-7,9H2,1H3. The lowest BCUT2D eigenvalue weighted by Crippen LogP contribution is -1.88. The summed E-state index contributed by atoms with van der Waals surface area (Å²) in [4.78, 5) is 0. The first-order chi connectivity index (χ1) is 5.27. The molecule has 0 spiro atoms. The third-order valence-electron chi connectivity index (χ3n) is 2.19. The smallest absolute Gasteiger partial charge is 0.108 e. The molecule has 2 heteroatoms. The molecule has 11 heavy (non-hydrogen) atoms. The molecule has 64 valence electrons. The summed E-state index contributed by atoms with van der Waals surface area (Å²) in [6.45, 7) is 2.18. The van der Waals surface area contributed by atoms with Gasteiger partial charge in [0.05, 0.1) is 0 Å². The molecule has 0 bridgehead atoms. The van der Waals surface area contributed by atoms with Gasteiger partial charge in [-0.2, -0.15) is 0 Å². The molecule has 0 saturated heterocycles. The summed E-state index contributed by atoms with van der Waals surface area (Å²) in [6.07, 6.45) is 8.63. The largest absolute Gasteiger partial charge is 0.319 e. The summed E-state index contributed by atoms with van der Waals surface area (Å²) < 4.78 is 11.8. The van der Waals surface area contributed by atoms with Crippen LogP contribution < -0.4 is 0 Å². The van der Waals surface area contributed by atoms with Crippen molar-refractivity contribution >= 4 is 7.14 Å². The van der Waals surface area contributed by atoms with Crippen molar-refractivity contribution in [3.63, 3.8) is 0 Å². The minimum Gasteiger partial charge on any atom is -0.319 e. The first-order valence-electron chi connectivity index (χ1n) is 4.52. The summed E-state index contributed by atoms with van der Waals surface area (Å²) in [6, 6.07) is 0. The van der Waals surface area contributed by atoms with Crippen LogP contribution in [0.2, 0.25) is 0 Å². The zero-order chi connectivity index (χ0) is 8.16. The van der Waals surface area contributed by atoms with Crippen LogP contribution in [-0.2, 0) is 4.57 Å². The summed E-state index contributed by atoms with van der Waals surface area (Å²) in [5.74, 6) is 1.97. The van der Waals surface area contributed by atoms with E-state index in [1.54, 1.807) is 0 Å². The molecule has 1 aliphatic heterocycles. The monoisotopic (exact) mass is 172 g/mol. The molecule has 0 aromatic carbocycles. The molecule has 1 atom stereocenters. The molecule has 0 N–H and O–H groups in total. The molecular formula is C9H17OP. The van der Waals surface area contributed by atoms with E-state index >= 15 is 0 Å². The Morgan fingerprint density at radius 2 is 2.27 bits per heavy atom. The number of hydrogen-bond donors (Lipinski definition) is 0. The van der Waals surface area contributed by atoms with E-state index < -0.39 is 7.14 Å². The highest BCUT2D eigenvalue weighted by atomic mass is 31.2. The van der Waals surface area contributed by atoms with Crippen LogP contribution >= 0.6 is 7.14 Å². The zero-order valence-electron chi connectivity index (χ0n) is 7.25. The molecular weight excluding hydrogens is 155 g/mol. The van der Waals surface area contributed by atoms with Crippen molar-refractivity contribution in [2.45, 2.75) is 32.6 Å². The lowest BCUT2D eigenvalue weighted by Gasteiger charge is -2.07. The number of rotatable bonds is 4. The van der Waals surface area contributed by atoms with Gasteiger partial charge in [0, 0.05) is 12.3 Å². The van der Waals surface area contributed by atoms with Crippen molar-refractivity contribution in [3.8, 4) is 0 Å². The van der Waals surface area contributed by atoms with E-state index in [0.29, 0.717) is 0 Å². The zero-order valence-corrected chi connectivity index (χ0v) is 8.15. The Morgan fingerprint density at radius 1 is 1.45 bits per heavy atom. The number of allylic oxidation sites excluding steroid dienone is 1. The number of unbranched alkanes of at least 4 members (excludes halogenated alkanes) is 2. The molecule has 1 rings (SSSR count). The van der Waals surface area contributed by atoms with Gasteiger partial charge in [0.15, 0.2) is 0 Å². The lowest BCUT2D eigenvalue weighted by molar-refractivity contribution is 0.578. The normalized spacial score (nSPS) is 29.5. The lowest BCUT2D eigenvalue weighted by atomic mass is 10.3. The van der Waals surface area contributed by atoms with E-state index in [9.17, 15) is 4.57 Å². The van der Waals surface area contributed by atoms with Crippen molar-refractivity contribution in [3.05, 3.63) is 11.9 Å². The van der Waals surface area contributed by atoms with E-state index in [0.717, 1.165) is 25.2 Å². The third-order valence-corrected chi connectivity index (χ3v) is 5.03. The molecule has 1 unspecified atom stereocenters. The van der Waals surface area contributed by atoms with E-state index in [-0.39, 0.29) is 0 Å². The fourth-order valence-corrected chi connectivity index (χ4v) is 3.85. The van der Waals surface area contributed by atoms with Crippen molar-refractivity contribution < 1.29 is 4.57 Å². The first kappa shape index (κ1) is 9.06. The van der Waals surface area contributed by atoms with Gasteiger partial charge in [0.25, 0.3) is 0 Å². The average Bonchev–Trinajstić information content (AvgIpc) is 2.38. The van der Waals surface area contributed by atoms with Gasteiger partial charge in [0.1, 0.15) is 7.14 Å². The van der Waals surface area contributed by atoms with Gasteiger partial charge in [-0.25, -0.2) is 0 Å². The van der Waals surface area contributed by atoms with Crippen LogP contribution in [0.1, 0.15) is 32.6 Å². The van der Waals surface area contributed by atoms with Gasteiger partial charge in [-0.05, 0) is 18.7 Å². The Labute approximate surface area is 69.3 Å². The molecule has 0 amide bonds. The Balaban J connectivity index is 2.24. The fraction of sp³-hybridized carbons (Fsp3) is 0.778. The molecule has 0 radical (unpaired) electrons. The maximum Gasteiger partial charge on any atom is 0.108 e. The van der Waals surface area contributed by atoms with E-state index in [2.05, 4.69) is 13.0 Å². The molecule has 0 aromatic rings. The molecule has 0 aromatic heterocycles. The van der Waals surface area contributed by atoms with Crippen molar-refractivity contribution in [2.75, 3.05) is 12.3 Å². The molecule has 0 fully saturated rings. The Bertz CT molecular complexity index is 184. The van der Waals surface area contributed by atoms with Crippen molar-refractivity contribution in [2.24, 2.45) is 0 Å². The highest BCUT2D eigenvalue weighted by molar-refractivity contribution is 7.67. The molecule has 1 heterocycles. The minimum atomic E-state index is -1.78. The second kappa shape index (κ2) is 4.11. The van der Waals surface area contributed by atoms with Gasteiger partial charge in [-0.3, -0.25) is 0 Å². The summed E-state index contributed by atoms with van der Waals surface area (Å²) in [5, 5.41) is 0. The minimum absolute atomic E-state index is 0.941. The molecule has 1 aliphatic rings. The molecule has 1 nitrogen and oxygen atoms in total. The molecule has 0 aliphatic carbocycles. The van der Waals surface area contributed by atoms with E-state index in [1.807, 2.05) is 5.82 Å². The Morgan fingerprint density at radius 3 is 2.82 bits per heavy atom. The van der Waals surface area contributed by atoms with Gasteiger partial charge >= 0.3 is 0 Å². The molecule has 0 saturated carbocycles. The second-order valence-electron chi connectivity index (χ2n) is 3.28. The van der Waals surface area contributed by atoms with E-state index in [1.165, 1.54) is 12.8 Å². The van der Waals surface area contributed by atoms with Gasteiger partial charge in [-0.15, -0.1) is 0 Å². The van der Waals surface area contributed by atoms with Gasteiger partial charge in [-0.1, -0.05) is 25.8 Å². The van der Waals surface area contributed by atoms with Crippen LogP contribution in [-0.4, -0.2) is 12.3 Å². The van der Waals surface area contributed by atoms with Crippen LogP contribution in [0.25, 0.3) is 0 Å². The Kier molecular flexibility index (Phi) is 3.39. The van der Waals surface area contributed by atoms with Crippen molar-refractivity contribution in [1.82, 2.24) is 0 Å². The quantitative estimate of drug-likeness (QED) is 0.469. The van der Waals surface area contributed by atoms with Crippen LogP contribution in [0.5, 0.6) is 0 Å². The van der Waals surface area contributed by atoms with Crippen LogP contribution in [0.3, 0.4) is 0 Å². The second-order valence-corrected chi connectivity index (χ2v) is 6.38. The van der Waals surface area contributed by atoms with Crippen LogP contribution in [0.4, 0.5) is 0 Å². The topological polar surface area (TPSA) is 17.1 Å². The summed E-state index contributed by atoms with van der Waals surface area (Å²) >= 11 is 0.